The van der Waals surface area contributed by atoms with Crippen molar-refractivity contribution < 1.29 is 28.6 Å². The molecular weight excluding hydrogens is 769 g/mol. The quantitative estimate of drug-likeness (QED) is 0.0263. The zero-order valence-corrected chi connectivity index (χ0v) is 39.8. The van der Waals surface area contributed by atoms with Gasteiger partial charge in [-0.05, 0) is 83.5 Å². The van der Waals surface area contributed by atoms with E-state index in [4.69, 9.17) is 14.2 Å². The lowest BCUT2D eigenvalue weighted by Crippen LogP contribution is -2.30. The standard InChI is InChI=1S/C56H90O6/c1-4-7-10-13-16-19-22-25-27-29-31-34-37-40-43-46-49-55(58)61-52-53(51-60-54(57)48-45-42-39-36-33-30-24-21-18-15-12-9-6-3)62-56(59)50-47-44-41-38-35-32-28-26-23-20-17-14-11-8-5-2/h9,12,15,17-18,20-21,23-24,26-27,29-31,33-34,36,39,53H,4-8,10-11,13-14,16,19,22,25,28,32,35,37-38,40-52H2,1-3H3/b12-9+,18-15+,20-17+,24-21+,26-23+,29-27+,33-30+,34-31+,39-36+. The molecule has 0 heterocycles. The summed E-state index contributed by atoms with van der Waals surface area (Å²) in [5, 5.41) is 0. The highest BCUT2D eigenvalue weighted by molar-refractivity contribution is 5.71. The molecule has 0 saturated carbocycles. The molecule has 0 aliphatic heterocycles. The van der Waals surface area contributed by atoms with E-state index in [2.05, 4.69) is 75.5 Å². The Morgan fingerprint density at radius 1 is 0.339 bits per heavy atom. The summed E-state index contributed by atoms with van der Waals surface area (Å²) in [4.78, 5) is 37.9. The molecule has 0 amide bonds. The lowest BCUT2D eigenvalue weighted by atomic mass is 10.1. The van der Waals surface area contributed by atoms with Gasteiger partial charge in [-0.1, -0.05) is 214 Å². The molecule has 1 atom stereocenters. The summed E-state index contributed by atoms with van der Waals surface area (Å²) in [6.45, 7) is 6.34. The van der Waals surface area contributed by atoms with Crippen LogP contribution in [-0.4, -0.2) is 37.2 Å². The van der Waals surface area contributed by atoms with Crippen LogP contribution in [0.4, 0.5) is 0 Å². The summed E-state index contributed by atoms with van der Waals surface area (Å²) < 4.78 is 16.7. The second kappa shape index (κ2) is 49.7. The van der Waals surface area contributed by atoms with Crippen molar-refractivity contribution in [2.24, 2.45) is 0 Å². The lowest BCUT2D eigenvalue weighted by molar-refractivity contribution is -0.167. The molecule has 0 fully saturated rings. The molecule has 6 nitrogen and oxygen atoms in total. The number of hydrogen-bond acceptors (Lipinski definition) is 6. The maximum Gasteiger partial charge on any atom is 0.306 e. The predicted molar refractivity (Wildman–Crippen MR) is 265 cm³/mol. The maximum atomic E-state index is 12.8. The smallest absolute Gasteiger partial charge is 0.306 e. The van der Waals surface area contributed by atoms with Gasteiger partial charge >= 0.3 is 17.9 Å². The van der Waals surface area contributed by atoms with Gasteiger partial charge in [-0.25, -0.2) is 0 Å². The largest absolute Gasteiger partial charge is 0.462 e. The van der Waals surface area contributed by atoms with Crippen LogP contribution in [0.1, 0.15) is 207 Å². The van der Waals surface area contributed by atoms with Gasteiger partial charge in [0.25, 0.3) is 0 Å². The molecule has 0 spiro atoms. The number of carbonyl (C=O) groups is 3. The van der Waals surface area contributed by atoms with E-state index >= 15 is 0 Å². The Morgan fingerprint density at radius 2 is 0.645 bits per heavy atom. The summed E-state index contributed by atoms with van der Waals surface area (Å²) in [6.07, 6.45) is 66.5. The average Bonchev–Trinajstić information content (AvgIpc) is 3.27. The van der Waals surface area contributed by atoms with Gasteiger partial charge in [0.05, 0.1) is 0 Å². The number of ether oxygens (including phenoxy) is 3. The molecule has 0 aromatic carbocycles. The SMILES string of the molecule is CC/C=C/C=C/C=C/C=C/C=C/CCCC(=O)OCC(COC(=O)CCCCC/C=C/C=C/CCCCCCCCC)OC(=O)CCCCCCCC/C=C/C=C/CCCCC. The van der Waals surface area contributed by atoms with E-state index < -0.39 is 6.10 Å². The first-order chi connectivity index (χ1) is 30.5. The first-order valence-corrected chi connectivity index (χ1v) is 25.0. The number of allylic oxidation sites excluding steroid dienone is 18. The predicted octanol–water partition coefficient (Wildman–Crippen LogP) is 16.4. The van der Waals surface area contributed by atoms with Crippen LogP contribution < -0.4 is 0 Å². The lowest BCUT2D eigenvalue weighted by Gasteiger charge is -2.18. The van der Waals surface area contributed by atoms with Gasteiger partial charge in [0, 0.05) is 19.3 Å². The van der Waals surface area contributed by atoms with Crippen LogP contribution in [0.5, 0.6) is 0 Å². The Balaban J connectivity index is 4.56. The zero-order valence-electron chi connectivity index (χ0n) is 39.8. The molecule has 62 heavy (non-hydrogen) atoms. The van der Waals surface area contributed by atoms with Crippen LogP contribution in [0.3, 0.4) is 0 Å². The summed E-state index contributed by atoms with van der Waals surface area (Å²) >= 11 is 0. The molecule has 0 aromatic rings. The van der Waals surface area contributed by atoms with E-state index in [9.17, 15) is 14.4 Å². The molecule has 0 aliphatic carbocycles. The number of esters is 3. The molecule has 1 unspecified atom stereocenters. The Hall–Kier alpha value is -3.93. The Morgan fingerprint density at radius 3 is 1.11 bits per heavy atom. The second-order valence-corrected chi connectivity index (χ2v) is 16.2. The fourth-order valence-corrected chi connectivity index (χ4v) is 6.39. The molecule has 0 aromatic heterocycles. The molecule has 6 heteroatoms. The average molecular weight is 859 g/mol. The van der Waals surface area contributed by atoms with Crippen molar-refractivity contribution in [3.63, 3.8) is 0 Å². The zero-order chi connectivity index (χ0) is 45.1. The highest BCUT2D eigenvalue weighted by Gasteiger charge is 2.19. The van der Waals surface area contributed by atoms with Crippen molar-refractivity contribution in [2.75, 3.05) is 13.2 Å². The van der Waals surface area contributed by atoms with Crippen molar-refractivity contribution >= 4 is 17.9 Å². The van der Waals surface area contributed by atoms with E-state index in [-0.39, 0.29) is 37.5 Å². The first-order valence-electron chi connectivity index (χ1n) is 25.0. The van der Waals surface area contributed by atoms with Crippen molar-refractivity contribution in [3.8, 4) is 0 Å². The summed E-state index contributed by atoms with van der Waals surface area (Å²) in [6, 6.07) is 0. The van der Waals surface area contributed by atoms with E-state index in [1.54, 1.807) is 0 Å². The molecule has 0 rings (SSSR count). The molecule has 0 N–H and O–H groups in total. The van der Waals surface area contributed by atoms with Gasteiger partial charge in [-0.3, -0.25) is 14.4 Å². The molecule has 0 aliphatic rings. The summed E-state index contributed by atoms with van der Waals surface area (Å²) in [7, 11) is 0. The minimum absolute atomic E-state index is 0.121. The molecular formula is C56H90O6. The van der Waals surface area contributed by atoms with Crippen LogP contribution in [0.15, 0.2) is 109 Å². The normalized spacial score (nSPS) is 13.0. The van der Waals surface area contributed by atoms with Crippen molar-refractivity contribution in [1.29, 1.82) is 0 Å². The van der Waals surface area contributed by atoms with E-state index in [0.717, 1.165) is 83.5 Å². The Labute approximate surface area is 380 Å². The van der Waals surface area contributed by atoms with Gasteiger partial charge < -0.3 is 14.2 Å². The van der Waals surface area contributed by atoms with Gasteiger partial charge in [-0.2, -0.15) is 0 Å². The summed E-state index contributed by atoms with van der Waals surface area (Å²) in [5.74, 6) is -1.04. The highest BCUT2D eigenvalue weighted by Crippen LogP contribution is 2.12. The van der Waals surface area contributed by atoms with Crippen LogP contribution in [0, 0.1) is 0 Å². The fourth-order valence-electron chi connectivity index (χ4n) is 6.39. The highest BCUT2D eigenvalue weighted by atomic mass is 16.6. The Bertz CT molecular complexity index is 1310. The number of carbonyl (C=O) groups excluding carboxylic acids is 3. The number of rotatable bonds is 43. The van der Waals surface area contributed by atoms with Crippen molar-refractivity contribution in [2.45, 2.75) is 213 Å². The van der Waals surface area contributed by atoms with Gasteiger partial charge in [-0.15, -0.1) is 0 Å². The second-order valence-electron chi connectivity index (χ2n) is 16.2. The molecule has 0 bridgehead atoms. The third-order valence-electron chi connectivity index (χ3n) is 10.2. The van der Waals surface area contributed by atoms with Gasteiger partial charge in [0.1, 0.15) is 13.2 Å². The van der Waals surface area contributed by atoms with Crippen molar-refractivity contribution in [3.05, 3.63) is 109 Å². The van der Waals surface area contributed by atoms with E-state index in [0.29, 0.717) is 19.3 Å². The van der Waals surface area contributed by atoms with E-state index in [1.165, 1.54) is 77.0 Å². The third kappa shape index (κ3) is 47.1. The fraction of sp³-hybridized carbons (Fsp3) is 0.625. The van der Waals surface area contributed by atoms with Crippen molar-refractivity contribution in [1.82, 2.24) is 0 Å². The monoisotopic (exact) mass is 859 g/mol. The maximum absolute atomic E-state index is 12.8. The van der Waals surface area contributed by atoms with Crippen LogP contribution >= 0.6 is 0 Å². The molecule has 0 saturated heterocycles. The van der Waals surface area contributed by atoms with Gasteiger partial charge in [0.15, 0.2) is 6.10 Å². The Kier molecular flexibility index (Phi) is 46.6. The first kappa shape index (κ1) is 58.1. The number of hydrogen-bond donors (Lipinski definition) is 0. The minimum atomic E-state index is -0.825. The summed E-state index contributed by atoms with van der Waals surface area (Å²) in [5.41, 5.74) is 0. The van der Waals surface area contributed by atoms with Crippen LogP contribution in [0.2, 0.25) is 0 Å². The van der Waals surface area contributed by atoms with Crippen LogP contribution in [-0.2, 0) is 28.6 Å². The van der Waals surface area contributed by atoms with E-state index in [1.807, 2.05) is 54.7 Å². The topological polar surface area (TPSA) is 78.9 Å². The van der Waals surface area contributed by atoms with Crippen LogP contribution in [0.25, 0.3) is 0 Å². The molecule has 0 radical (unpaired) electrons. The minimum Gasteiger partial charge on any atom is -0.462 e. The molecule has 350 valence electrons. The third-order valence-corrected chi connectivity index (χ3v) is 10.2. The van der Waals surface area contributed by atoms with Gasteiger partial charge in [0.2, 0.25) is 0 Å². The number of unbranched alkanes of at least 4 members (excludes halogenated alkanes) is 20.